The van der Waals surface area contributed by atoms with Crippen LogP contribution in [0.4, 0.5) is 0 Å². The molecule has 5 heteroatoms. The van der Waals surface area contributed by atoms with Crippen molar-refractivity contribution >= 4 is 5.91 Å². The highest BCUT2D eigenvalue weighted by atomic mass is 16.5. The van der Waals surface area contributed by atoms with Crippen molar-refractivity contribution in [2.24, 2.45) is 0 Å². The highest BCUT2D eigenvalue weighted by molar-refractivity contribution is 5.78. The fraction of sp³-hybridized carbons (Fsp3) is 0.409. The lowest BCUT2D eigenvalue weighted by molar-refractivity contribution is -0.140. The first kappa shape index (κ1) is 18.0. The molecule has 1 unspecified atom stereocenters. The van der Waals surface area contributed by atoms with Gasteiger partial charge < -0.3 is 14.4 Å². The van der Waals surface area contributed by atoms with Gasteiger partial charge in [0.05, 0.1) is 19.3 Å². The second-order valence-electron chi connectivity index (χ2n) is 7.19. The van der Waals surface area contributed by atoms with E-state index in [1.54, 1.807) is 0 Å². The summed E-state index contributed by atoms with van der Waals surface area (Å²) >= 11 is 0. The number of morpholine rings is 1. The van der Waals surface area contributed by atoms with Crippen molar-refractivity contribution in [1.29, 1.82) is 0 Å². The largest absolute Gasteiger partial charge is 0.492 e. The standard InChI is InChI=1S/C22H26N2O3/c25-22(17-23-10-12-27-21-9-5-4-8-19(21)15-23)24-11-13-26-20(16-24)14-18-6-2-1-3-7-18/h1-9,20H,10-17H2. The molecule has 2 heterocycles. The van der Waals surface area contributed by atoms with E-state index in [0.29, 0.717) is 32.8 Å². The number of hydrogen-bond donors (Lipinski definition) is 0. The number of hydrogen-bond acceptors (Lipinski definition) is 4. The van der Waals surface area contributed by atoms with Crippen LogP contribution in [0.1, 0.15) is 11.1 Å². The first-order chi connectivity index (χ1) is 13.3. The van der Waals surface area contributed by atoms with Crippen molar-refractivity contribution < 1.29 is 14.3 Å². The number of amides is 1. The Balaban J connectivity index is 1.34. The predicted octanol–water partition coefficient (Wildman–Crippen LogP) is 2.35. The third-order valence-corrected chi connectivity index (χ3v) is 5.19. The molecule has 1 atom stereocenters. The van der Waals surface area contributed by atoms with Crippen LogP contribution in [-0.4, -0.2) is 61.2 Å². The average molecular weight is 366 g/mol. The highest BCUT2D eigenvalue weighted by Gasteiger charge is 2.26. The summed E-state index contributed by atoms with van der Waals surface area (Å²) in [5.41, 5.74) is 2.39. The lowest BCUT2D eigenvalue weighted by Crippen LogP contribution is -2.49. The van der Waals surface area contributed by atoms with E-state index in [1.165, 1.54) is 5.56 Å². The number of benzene rings is 2. The molecular weight excluding hydrogens is 340 g/mol. The smallest absolute Gasteiger partial charge is 0.236 e. The molecule has 4 rings (SSSR count). The lowest BCUT2D eigenvalue weighted by Gasteiger charge is -2.34. The number of carbonyl (C=O) groups is 1. The minimum Gasteiger partial charge on any atom is -0.492 e. The number of para-hydroxylation sites is 1. The molecule has 0 saturated carbocycles. The van der Waals surface area contributed by atoms with Crippen molar-refractivity contribution in [1.82, 2.24) is 9.80 Å². The van der Waals surface area contributed by atoms with Gasteiger partial charge in [-0.25, -0.2) is 0 Å². The Morgan fingerprint density at radius 3 is 2.70 bits per heavy atom. The Labute approximate surface area is 160 Å². The van der Waals surface area contributed by atoms with Gasteiger partial charge in [-0.15, -0.1) is 0 Å². The van der Waals surface area contributed by atoms with E-state index >= 15 is 0 Å². The van der Waals surface area contributed by atoms with E-state index in [9.17, 15) is 4.79 Å². The zero-order chi connectivity index (χ0) is 18.5. The van der Waals surface area contributed by atoms with Crippen LogP contribution < -0.4 is 4.74 Å². The van der Waals surface area contributed by atoms with Gasteiger partial charge in [0.15, 0.2) is 0 Å². The molecule has 2 aromatic carbocycles. The molecule has 0 radical (unpaired) electrons. The Kier molecular flexibility index (Phi) is 5.70. The monoisotopic (exact) mass is 366 g/mol. The van der Waals surface area contributed by atoms with Crippen LogP contribution in [-0.2, 0) is 22.5 Å². The molecule has 0 N–H and O–H groups in total. The summed E-state index contributed by atoms with van der Waals surface area (Å²) < 4.78 is 11.7. The SMILES string of the molecule is O=C(CN1CCOc2ccccc2C1)N1CCOC(Cc2ccccc2)C1. The van der Waals surface area contributed by atoms with Crippen molar-refractivity contribution in [2.75, 3.05) is 39.4 Å². The van der Waals surface area contributed by atoms with Gasteiger partial charge in [0.2, 0.25) is 5.91 Å². The van der Waals surface area contributed by atoms with Gasteiger partial charge in [-0.2, -0.15) is 0 Å². The number of rotatable bonds is 4. The fourth-order valence-corrected chi connectivity index (χ4v) is 3.75. The van der Waals surface area contributed by atoms with E-state index in [2.05, 4.69) is 23.1 Å². The van der Waals surface area contributed by atoms with Crippen LogP contribution in [0.2, 0.25) is 0 Å². The first-order valence-electron chi connectivity index (χ1n) is 9.64. The number of fused-ring (bicyclic) bond motifs is 1. The van der Waals surface area contributed by atoms with Gasteiger partial charge in [-0.3, -0.25) is 9.69 Å². The summed E-state index contributed by atoms with van der Waals surface area (Å²) in [4.78, 5) is 17.0. The van der Waals surface area contributed by atoms with Crippen LogP contribution >= 0.6 is 0 Å². The van der Waals surface area contributed by atoms with E-state index in [1.807, 2.05) is 41.3 Å². The molecule has 0 spiro atoms. The van der Waals surface area contributed by atoms with E-state index in [-0.39, 0.29) is 12.0 Å². The van der Waals surface area contributed by atoms with Gasteiger partial charge >= 0.3 is 0 Å². The average Bonchev–Trinajstić information content (AvgIpc) is 2.90. The van der Waals surface area contributed by atoms with Crippen LogP contribution in [0.25, 0.3) is 0 Å². The Morgan fingerprint density at radius 2 is 1.81 bits per heavy atom. The molecule has 0 aromatic heterocycles. The van der Waals surface area contributed by atoms with Crippen molar-refractivity contribution in [3.63, 3.8) is 0 Å². The quantitative estimate of drug-likeness (QED) is 0.833. The number of carbonyl (C=O) groups excluding carboxylic acids is 1. The second-order valence-corrected chi connectivity index (χ2v) is 7.19. The minimum atomic E-state index is 0.0679. The molecule has 1 saturated heterocycles. The topological polar surface area (TPSA) is 42.0 Å². The maximum atomic E-state index is 12.9. The third kappa shape index (κ3) is 4.67. The second kappa shape index (κ2) is 8.55. The molecule has 1 amide bonds. The summed E-state index contributed by atoms with van der Waals surface area (Å²) in [7, 11) is 0. The van der Waals surface area contributed by atoms with Gasteiger partial charge in [0.25, 0.3) is 0 Å². The Hall–Kier alpha value is -2.37. The minimum absolute atomic E-state index is 0.0679. The van der Waals surface area contributed by atoms with Gasteiger partial charge in [0.1, 0.15) is 12.4 Å². The zero-order valence-electron chi connectivity index (χ0n) is 15.5. The van der Waals surface area contributed by atoms with Crippen molar-refractivity contribution in [2.45, 2.75) is 19.1 Å². The van der Waals surface area contributed by atoms with Crippen LogP contribution in [0.5, 0.6) is 5.75 Å². The van der Waals surface area contributed by atoms with Crippen LogP contribution in [0, 0.1) is 0 Å². The molecule has 27 heavy (non-hydrogen) atoms. The van der Waals surface area contributed by atoms with Gasteiger partial charge in [0, 0.05) is 38.2 Å². The summed E-state index contributed by atoms with van der Waals surface area (Å²) in [5.74, 6) is 1.11. The van der Waals surface area contributed by atoms with Gasteiger partial charge in [-0.05, 0) is 11.6 Å². The Bertz CT molecular complexity index is 765. The summed E-state index contributed by atoms with van der Waals surface area (Å²) in [6.45, 7) is 4.49. The van der Waals surface area contributed by atoms with Gasteiger partial charge in [-0.1, -0.05) is 48.5 Å². The molecule has 0 aliphatic carbocycles. The highest BCUT2D eigenvalue weighted by Crippen LogP contribution is 2.22. The Morgan fingerprint density at radius 1 is 1.00 bits per heavy atom. The van der Waals surface area contributed by atoms with Crippen molar-refractivity contribution in [3.05, 3.63) is 65.7 Å². The summed E-state index contributed by atoms with van der Waals surface area (Å²) in [5, 5.41) is 0. The normalized spacial score (nSPS) is 20.4. The molecule has 1 fully saturated rings. The molecule has 2 aliphatic heterocycles. The first-order valence-corrected chi connectivity index (χ1v) is 9.64. The maximum Gasteiger partial charge on any atom is 0.236 e. The van der Waals surface area contributed by atoms with E-state index in [0.717, 1.165) is 30.8 Å². The maximum absolute atomic E-state index is 12.9. The number of nitrogens with zero attached hydrogens (tertiary/aromatic N) is 2. The van der Waals surface area contributed by atoms with E-state index < -0.39 is 0 Å². The van der Waals surface area contributed by atoms with Crippen LogP contribution in [0.3, 0.4) is 0 Å². The number of ether oxygens (including phenoxy) is 2. The third-order valence-electron chi connectivity index (χ3n) is 5.19. The lowest BCUT2D eigenvalue weighted by atomic mass is 10.1. The van der Waals surface area contributed by atoms with Crippen molar-refractivity contribution in [3.8, 4) is 5.75 Å². The zero-order valence-corrected chi connectivity index (χ0v) is 15.5. The summed E-state index contributed by atoms with van der Waals surface area (Å²) in [6, 6.07) is 18.4. The molecular formula is C22H26N2O3. The van der Waals surface area contributed by atoms with Crippen LogP contribution in [0.15, 0.2) is 54.6 Å². The molecule has 0 bridgehead atoms. The summed E-state index contributed by atoms with van der Waals surface area (Å²) in [6.07, 6.45) is 0.911. The fourth-order valence-electron chi connectivity index (χ4n) is 3.75. The molecule has 5 nitrogen and oxygen atoms in total. The molecule has 2 aliphatic rings. The molecule has 2 aromatic rings. The predicted molar refractivity (Wildman–Crippen MR) is 104 cm³/mol. The van der Waals surface area contributed by atoms with E-state index in [4.69, 9.17) is 9.47 Å². The molecule has 142 valence electrons.